The summed E-state index contributed by atoms with van der Waals surface area (Å²) in [4.78, 5) is 18.3. The molecule has 2 rings (SSSR count). The molecule has 1 amide bonds. The third-order valence-electron chi connectivity index (χ3n) is 2.48. The van der Waals surface area contributed by atoms with Gasteiger partial charge >= 0.3 is 0 Å². The van der Waals surface area contributed by atoms with Gasteiger partial charge in [-0.05, 0) is 18.8 Å². The minimum absolute atomic E-state index is 0.0671. The molecule has 0 spiro atoms. The van der Waals surface area contributed by atoms with E-state index in [0.29, 0.717) is 11.9 Å². The van der Waals surface area contributed by atoms with Crippen molar-refractivity contribution in [2.24, 2.45) is 11.8 Å². The Morgan fingerprint density at radius 2 is 2.54 bits per heavy atom. The first kappa shape index (κ1) is 8.29. The van der Waals surface area contributed by atoms with Gasteiger partial charge < -0.3 is 4.98 Å². The van der Waals surface area contributed by atoms with Crippen LogP contribution in [-0.2, 0) is 4.79 Å². The molecular weight excluding hydrogens is 166 g/mol. The average Bonchev–Trinajstić information content (AvgIpc) is 2.85. The van der Waals surface area contributed by atoms with Gasteiger partial charge in [-0.2, -0.15) is 0 Å². The third kappa shape index (κ3) is 1.88. The van der Waals surface area contributed by atoms with E-state index in [1.165, 1.54) is 12.8 Å². The van der Waals surface area contributed by atoms with Crippen LogP contribution >= 0.6 is 0 Å². The average molecular weight is 179 g/mol. The molecule has 0 bridgehead atoms. The summed E-state index contributed by atoms with van der Waals surface area (Å²) < 4.78 is 0. The molecule has 1 aromatic heterocycles. The second-order valence-electron chi connectivity index (χ2n) is 3.55. The number of H-pyrrole nitrogens is 1. The Labute approximate surface area is 76.8 Å². The van der Waals surface area contributed by atoms with Crippen LogP contribution in [0.15, 0.2) is 12.4 Å². The number of amides is 1. The van der Waals surface area contributed by atoms with Crippen LogP contribution in [0.3, 0.4) is 0 Å². The van der Waals surface area contributed by atoms with Crippen molar-refractivity contribution < 1.29 is 4.79 Å². The highest BCUT2D eigenvalue weighted by atomic mass is 16.2. The van der Waals surface area contributed by atoms with Crippen molar-refractivity contribution >= 4 is 11.9 Å². The highest BCUT2D eigenvalue weighted by Gasteiger charge is 2.32. The standard InChI is InChI=1S/C9H13N3O/c1-6(7-2-3-7)8(13)12-9-10-4-5-11-9/h4-7H,2-3H2,1H3,(H2,10,11,12,13). The predicted octanol–water partition coefficient (Wildman–Crippen LogP) is 1.39. The van der Waals surface area contributed by atoms with Gasteiger partial charge in [-0.1, -0.05) is 6.92 Å². The minimum Gasteiger partial charge on any atom is -0.331 e. The molecule has 1 heterocycles. The lowest BCUT2D eigenvalue weighted by Crippen LogP contribution is -2.22. The maximum atomic E-state index is 11.5. The highest BCUT2D eigenvalue weighted by Crippen LogP contribution is 2.36. The summed E-state index contributed by atoms with van der Waals surface area (Å²) in [6.45, 7) is 1.97. The predicted molar refractivity (Wildman–Crippen MR) is 49.1 cm³/mol. The van der Waals surface area contributed by atoms with Gasteiger partial charge in [0.15, 0.2) is 0 Å². The molecule has 0 aliphatic heterocycles. The molecule has 0 aromatic carbocycles. The molecule has 13 heavy (non-hydrogen) atoms. The maximum absolute atomic E-state index is 11.5. The van der Waals surface area contributed by atoms with E-state index in [1.807, 2.05) is 6.92 Å². The molecule has 0 radical (unpaired) electrons. The molecular formula is C9H13N3O. The molecule has 0 saturated heterocycles. The topological polar surface area (TPSA) is 57.8 Å². The van der Waals surface area contributed by atoms with Crippen LogP contribution < -0.4 is 5.32 Å². The van der Waals surface area contributed by atoms with E-state index in [1.54, 1.807) is 12.4 Å². The van der Waals surface area contributed by atoms with Gasteiger partial charge in [0.2, 0.25) is 11.9 Å². The Morgan fingerprint density at radius 1 is 1.77 bits per heavy atom. The summed E-state index contributed by atoms with van der Waals surface area (Å²) in [7, 11) is 0. The highest BCUT2D eigenvalue weighted by molar-refractivity contribution is 5.91. The second-order valence-corrected chi connectivity index (χ2v) is 3.55. The van der Waals surface area contributed by atoms with Crippen LogP contribution in [0, 0.1) is 11.8 Å². The van der Waals surface area contributed by atoms with Gasteiger partial charge in [-0.15, -0.1) is 0 Å². The largest absolute Gasteiger partial charge is 0.331 e. The summed E-state index contributed by atoms with van der Waals surface area (Å²) in [5.41, 5.74) is 0. The molecule has 70 valence electrons. The second kappa shape index (κ2) is 3.20. The van der Waals surface area contributed by atoms with Crippen LogP contribution in [-0.4, -0.2) is 15.9 Å². The summed E-state index contributed by atoms with van der Waals surface area (Å²) in [5.74, 6) is 1.31. The molecule has 1 aromatic rings. The first-order valence-electron chi connectivity index (χ1n) is 4.57. The van der Waals surface area contributed by atoms with E-state index < -0.39 is 0 Å². The fourth-order valence-corrected chi connectivity index (χ4v) is 1.37. The summed E-state index contributed by atoms with van der Waals surface area (Å²) in [6, 6.07) is 0. The SMILES string of the molecule is CC(C(=O)Nc1ncc[nH]1)C1CC1. The molecule has 1 saturated carbocycles. The Morgan fingerprint density at radius 3 is 3.08 bits per heavy atom. The first-order chi connectivity index (χ1) is 6.27. The lowest BCUT2D eigenvalue weighted by Gasteiger charge is -2.08. The number of nitrogens with one attached hydrogen (secondary N) is 2. The van der Waals surface area contributed by atoms with Crippen molar-refractivity contribution in [3.05, 3.63) is 12.4 Å². The molecule has 1 aliphatic rings. The van der Waals surface area contributed by atoms with Crippen molar-refractivity contribution in [1.29, 1.82) is 0 Å². The van der Waals surface area contributed by atoms with Crippen LogP contribution in [0.25, 0.3) is 0 Å². The van der Waals surface area contributed by atoms with Crippen LogP contribution in [0.2, 0.25) is 0 Å². The van der Waals surface area contributed by atoms with Crippen molar-refractivity contribution in [2.75, 3.05) is 5.32 Å². The number of hydrogen-bond acceptors (Lipinski definition) is 2. The van der Waals surface area contributed by atoms with E-state index >= 15 is 0 Å². The fraction of sp³-hybridized carbons (Fsp3) is 0.556. The Hall–Kier alpha value is -1.32. The molecule has 1 atom stereocenters. The number of imidazole rings is 1. The quantitative estimate of drug-likeness (QED) is 0.736. The summed E-state index contributed by atoms with van der Waals surface area (Å²) in [5, 5.41) is 2.74. The van der Waals surface area contributed by atoms with Gasteiger partial charge in [-0.3, -0.25) is 10.1 Å². The van der Waals surface area contributed by atoms with E-state index in [2.05, 4.69) is 15.3 Å². The van der Waals surface area contributed by atoms with Crippen LogP contribution in [0.4, 0.5) is 5.95 Å². The van der Waals surface area contributed by atoms with E-state index in [4.69, 9.17) is 0 Å². The zero-order chi connectivity index (χ0) is 9.26. The Balaban J connectivity index is 1.90. The first-order valence-corrected chi connectivity index (χ1v) is 4.57. The number of nitrogens with zero attached hydrogens (tertiary/aromatic N) is 1. The summed E-state index contributed by atoms with van der Waals surface area (Å²) in [6.07, 6.45) is 5.69. The van der Waals surface area contributed by atoms with Gasteiger partial charge in [0.05, 0.1) is 0 Å². The van der Waals surface area contributed by atoms with Crippen LogP contribution in [0.5, 0.6) is 0 Å². The Bertz CT molecular complexity index is 290. The normalized spacial score (nSPS) is 18.2. The van der Waals surface area contributed by atoms with Gasteiger partial charge in [0.25, 0.3) is 0 Å². The number of aromatic amines is 1. The van der Waals surface area contributed by atoms with Gasteiger partial charge in [0, 0.05) is 18.3 Å². The molecule has 4 heteroatoms. The smallest absolute Gasteiger partial charge is 0.229 e. The van der Waals surface area contributed by atoms with E-state index in [9.17, 15) is 4.79 Å². The Kier molecular flexibility index (Phi) is 2.04. The zero-order valence-electron chi connectivity index (χ0n) is 7.58. The van der Waals surface area contributed by atoms with Gasteiger partial charge in [-0.25, -0.2) is 4.98 Å². The number of anilines is 1. The minimum atomic E-state index is 0.0671. The van der Waals surface area contributed by atoms with Crippen LogP contribution in [0.1, 0.15) is 19.8 Å². The van der Waals surface area contributed by atoms with Crippen molar-refractivity contribution in [3.63, 3.8) is 0 Å². The lowest BCUT2D eigenvalue weighted by atomic mass is 10.1. The van der Waals surface area contributed by atoms with Gasteiger partial charge in [0.1, 0.15) is 0 Å². The molecule has 4 nitrogen and oxygen atoms in total. The zero-order valence-corrected chi connectivity index (χ0v) is 7.58. The van der Waals surface area contributed by atoms with Crippen molar-refractivity contribution in [2.45, 2.75) is 19.8 Å². The molecule has 1 unspecified atom stereocenters. The number of rotatable bonds is 3. The lowest BCUT2D eigenvalue weighted by molar-refractivity contribution is -0.120. The number of hydrogen-bond donors (Lipinski definition) is 2. The number of aromatic nitrogens is 2. The molecule has 2 N–H and O–H groups in total. The number of carbonyl (C=O) groups is 1. The van der Waals surface area contributed by atoms with Crippen molar-refractivity contribution in [3.8, 4) is 0 Å². The maximum Gasteiger partial charge on any atom is 0.229 e. The molecule has 1 aliphatic carbocycles. The van der Waals surface area contributed by atoms with Crippen molar-refractivity contribution in [1.82, 2.24) is 9.97 Å². The third-order valence-corrected chi connectivity index (χ3v) is 2.48. The fourth-order valence-electron chi connectivity index (χ4n) is 1.37. The van der Waals surface area contributed by atoms with E-state index in [-0.39, 0.29) is 11.8 Å². The summed E-state index contributed by atoms with van der Waals surface area (Å²) >= 11 is 0. The van der Waals surface area contributed by atoms with E-state index in [0.717, 1.165) is 0 Å². The monoisotopic (exact) mass is 179 g/mol. The number of carbonyl (C=O) groups excluding carboxylic acids is 1. The molecule has 1 fully saturated rings.